The number of carbonyl (C=O) groups excluding carboxylic acids is 1. The SMILES string of the molecule is Cc1cc(=O)c(C(=O)NCCc2ccc(-n3cccn3)cc2)nn1-c1ccccc1F. The lowest BCUT2D eigenvalue weighted by Crippen LogP contribution is -2.33. The van der Waals surface area contributed by atoms with E-state index in [-0.39, 0.29) is 11.4 Å². The van der Waals surface area contributed by atoms with E-state index in [9.17, 15) is 14.0 Å². The second kappa shape index (κ2) is 8.74. The molecule has 0 atom stereocenters. The lowest BCUT2D eigenvalue weighted by molar-refractivity contribution is 0.0946. The Balaban J connectivity index is 1.45. The molecular formula is C23H20FN5O2. The Kier molecular flexibility index (Phi) is 5.70. The first-order chi connectivity index (χ1) is 15.0. The molecule has 4 rings (SSSR count). The average Bonchev–Trinajstić information content (AvgIpc) is 3.30. The molecule has 0 aliphatic carbocycles. The van der Waals surface area contributed by atoms with Crippen molar-refractivity contribution in [3.05, 3.63) is 106 Å². The van der Waals surface area contributed by atoms with Gasteiger partial charge < -0.3 is 5.32 Å². The third-order valence-electron chi connectivity index (χ3n) is 4.81. The molecule has 0 aliphatic rings. The Labute approximate surface area is 177 Å². The smallest absolute Gasteiger partial charge is 0.275 e. The van der Waals surface area contributed by atoms with Crippen LogP contribution in [0, 0.1) is 12.7 Å². The molecule has 0 bridgehead atoms. The van der Waals surface area contributed by atoms with Gasteiger partial charge in [0.05, 0.1) is 5.69 Å². The Morgan fingerprint density at radius 1 is 1.10 bits per heavy atom. The van der Waals surface area contributed by atoms with E-state index < -0.39 is 17.2 Å². The molecule has 1 amide bonds. The number of benzene rings is 2. The second-order valence-electron chi connectivity index (χ2n) is 6.98. The summed E-state index contributed by atoms with van der Waals surface area (Å²) in [5.74, 6) is -1.09. The quantitative estimate of drug-likeness (QED) is 0.523. The Morgan fingerprint density at radius 3 is 2.58 bits per heavy atom. The zero-order chi connectivity index (χ0) is 21.8. The van der Waals surface area contributed by atoms with Crippen LogP contribution in [0.2, 0.25) is 0 Å². The van der Waals surface area contributed by atoms with Crippen molar-refractivity contribution in [3.8, 4) is 11.4 Å². The Bertz CT molecular complexity index is 1260. The van der Waals surface area contributed by atoms with Gasteiger partial charge >= 0.3 is 0 Å². The third-order valence-corrected chi connectivity index (χ3v) is 4.81. The summed E-state index contributed by atoms with van der Waals surface area (Å²) < 4.78 is 17.2. The average molecular weight is 417 g/mol. The molecule has 7 nitrogen and oxygen atoms in total. The highest BCUT2D eigenvalue weighted by atomic mass is 19.1. The van der Waals surface area contributed by atoms with Crippen molar-refractivity contribution in [2.75, 3.05) is 6.54 Å². The molecule has 0 spiro atoms. The van der Waals surface area contributed by atoms with Crippen LogP contribution in [0.3, 0.4) is 0 Å². The van der Waals surface area contributed by atoms with Gasteiger partial charge in [-0.15, -0.1) is 0 Å². The maximum absolute atomic E-state index is 14.2. The van der Waals surface area contributed by atoms with E-state index in [1.807, 2.05) is 36.5 Å². The summed E-state index contributed by atoms with van der Waals surface area (Å²) in [4.78, 5) is 24.8. The van der Waals surface area contributed by atoms with Crippen LogP contribution in [-0.4, -0.2) is 32.0 Å². The van der Waals surface area contributed by atoms with Gasteiger partial charge in [0.1, 0.15) is 11.5 Å². The molecule has 156 valence electrons. The molecule has 0 saturated carbocycles. The first-order valence-electron chi connectivity index (χ1n) is 9.76. The van der Waals surface area contributed by atoms with Crippen LogP contribution >= 0.6 is 0 Å². The van der Waals surface area contributed by atoms with Crippen molar-refractivity contribution in [3.63, 3.8) is 0 Å². The van der Waals surface area contributed by atoms with Gasteiger partial charge in [0, 0.05) is 30.7 Å². The number of aryl methyl sites for hydroxylation is 1. The highest BCUT2D eigenvalue weighted by Gasteiger charge is 2.16. The zero-order valence-corrected chi connectivity index (χ0v) is 16.8. The molecule has 0 aliphatic heterocycles. The molecule has 2 heterocycles. The lowest BCUT2D eigenvalue weighted by Gasteiger charge is -2.12. The van der Waals surface area contributed by atoms with E-state index in [4.69, 9.17) is 0 Å². The topological polar surface area (TPSA) is 81.8 Å². The van der Waals surface area contributed by atoms with Crippen LogP contribution < -0.4 is 10.7 Å². The molecule has 2 aromatic heterocycles. The molecular weight excluding hydrogens is 397 g/mol. The van der Waals surface area contributed by atoms with Gasteiger partial charge in [-0.3, -0.25) is 9.59 Å². The molecule has 4 aromatic rings. The van der Waals surface area contributed by atoms with Crippen molar-refractivity contribution in [1.29, 1.82) is 0 Å². The molecule has 0 saturated heterocycles. The van der Waals surface area contributed by atoms with E-state index in [1.54, 1.807) is 29.9 Å². The summed E-state index contributed by atoms with van der Waals surface area (Å²) >= 11 is 0. The number of nitrogens with zero attached hydrogens (tertiary/aromatic N) is 4. The summed E-state index contributed by atoms with van der Waals surface area (Å²) in [6, 6.07) is 17.0. The van der Waals surface area contributed by atoms with Gasteiger partial charge in [0.2, 0.25) is 5.43 Å². The maximum Gasteiger partial charge on any atom is 0.275 e. The number of para-hydroxylation sites is 1. The molecule has 1 N–H and O–H groups in total. The minimum absolute atomic E-state index is 0.173. The lowest BCUT2D eigenvalue weighted by atomic mass is 10.1. The summed E-state index contributed by atoms with van der Waals surface area (Å²) in [5, 5.41) is 11.0. The van der Waals surface area contributed by atoms with E-state index in [0.717, 1.165) is 11.3 Å². The highest BCUT2D eigenvalue weighted by molar-refractivity contribution is 5.92. The van der Waals surface area contributed by atoms with Crippen molar-refractivity contribution in [2.45, 2.75) is 13.3 Å². The first kappa shape index (κ1) is 20.2. The predicted octanol–water partition coefficient (Wildman–Crippen LogP) is 2.84. The molecule has 0 fully saturated rings. The first-order valence-corrected chi connectivity index (χ1v) is 9.76. The third kappa shape index (κ3) is 4.42. The number of hydrogen-bond acceptors (Lipinski definition) is 4. The fourth-order valence-electron chi connectivity index (χ4n) is 3.21. The zero-order valence-electron chi connectivity index (χ0n) is 16.8. The van der Waals surface area contributed by atoms with Crippen molar-refractivity contribution < 1.29 is 9.18 Å². The molecule has 0 unspecified atom stereocenters. The Hall–Kier alpha value is -4.07. The standard InChI is InChI=1S/C23H20FN5O2/c1-16-15-21(30)22(27-29(16)20-6-3-2-5-19(20)24)23(31)25-13-11-17-7-9-18(10-8-17)28-14-4-12-26-28/h2-10,12,14-15H,11,13H2,1H3,(H,25,31). The van der Waals surface area contributed by atoms with Gasteiger partial charge in [0.15, 0.2) is 5.69 Å². The summed E-state index contributed by atoms with van der Waals surface area (Å²) in [6.07, 6.45) is 4.15. The van der Waals surface area contributed by atoms with E-state index in [2.05, 4.69) is 15.5 Å². The van der Waals surface area contributed by atoms with E-state index >= 15 is 0 Å². The number of hydrogen-bond donors (Lipinski definition) is 1. The van der Waals surface area contributed by atoms with Crippen LogP contribution in [0.4, 0.5) is 4.39 Å². The van der Waals surface area contributed by atoms with E-state index in [0.29, 0.717) is 18.7 Å². The fraction of sp³-hybridized carbons (Fsp3) is 0.130. The number of nitrogens with one attached hydrogen (secondary N) is 1. The largest absolute Gasteiger partial charge is 0.350 e. The molecule has 0 radical (unpaired) electrons. The van der Waals surface area contributed by atoms with Gasteiger partial charge in [-0.25, -0.2) is 13.8 Å². The van der Waals surface area contributed by atoms with E-state index in [1.165, 1.54) is 22.9 Å². The fourth-order valence-corrected chi connectivity index (χ4v) is 3.21. The second-order valence-corrected chi connectivity index (χ2v) is 6.98. The highest BCUT2D eigenvalue weighted by Crippen LogP contribution is 2.13. The summed E-state index contributed by atoms with van der Waals surface area (Å²) in [6.45, 7) is 1.96. The molecule has 8 heteroatoms. The van der Waals surface area contributed by atoms with Crippen LogP contribution in [0.1, 0.15) is 21.7 Å². The predicted molar refractivity (Wildman–Crippen MR) is 114 cm³/mol. The number of amides is 1. The summed E-state index contributed by atoms with van der Waals surface area (Å²) in [7, 11) is 0. The van der Waals surface area contributed by atoms with Gasteiger partial charge in [0.25, 0.3) is 5.91 Å². The summed E-state index contributed by atoms with van der Waals surface area (Å²) in [5.41, 5.74) is 1.79. The van der Waals surface area contributed by atoms with Crippen molar-refractivity contribution in [1.82, 2.24) is 24.9 Å². The van der Waals surface area contributed by atoms with Gasteiger partial charge in [-0.1, -0.05) is 24.3 Å². The molecule has 2 aromatic carbocycles. The number of halogens is 1. The Morgan fingerprint density at radius 2 is 1.87 bits per heavy atom. The van der Waals surface area contributed by atoms with Crippen molar-refractivity contribution >= 4 is 5.91 Å². The minimum Gasteiger partial charge on any atom is -0.350 e. The normalized spacial score (nSPS) is 10.8. The number of carbonyl (C=O) groups is 1. The van der Waals surface area contributed by atoms with Gasteiger partial charge in [-0.05, 0) is 49.2 Å². The maximum atomic E-state index is 14.2. The number of aromatic nitrogens is 4. The minimum atomic E-state index is -0.594. The van der Waals surface area contributed by atoms with Crippen molar-refractivity contribution in [2.24, 2.45) is 0 Å². The number of rotatable bonds is 6. The monoisotopic (exact) mass is 417 g/mol. The molecule has 31 heavy (non-hydrogen) atoms. The van der Waals surface area contributed by atoms with Crippen LogP contribution in [0.25, 0.3) is 11.4 Å². The van der Waals surface area contributed by atoms with Crippen LogP contribution in [-0.2, 0) is 6.42 Å². The van der Waals surface area contributed by atoms with Crippen LogP contribution in [0.5, 0.6) is 0 Å². The van der Waals surface area contributed by atoms with Crippen LogP contribution in [0.15, 0.2) is 77.9 Å². The van der Waals surface area contributed by atoms with Gasteiger partial charge in [-0.2, -0.15) is 10.2 Å².